The largest absolute Gasteiger partial charge is 0.426 e. The van der Waals surface area contributed by atoms with Gasteiger partial charge in [0.25, 0.3) is 0 Å². The monoisotopic (exact) mass is 426 g/mol. The van der Waals surface area contributed by atoms with Crippen LogP contribution >= 0.6 is 0 Å². The first-order valence-electron chi connectivity index (χ1n) is 8.69. The molecule has 1 atom stereocenters. The lowest BCUT2D eigenvalue weighted by Gasteiger charge is -2.23. The van der Waals surface area contributed by atoms with E-state index in [1.54, 1.807) is 0 Å². The number of hydrogen-bond acceptors (Lipinski definition) is 6. The van der Waals surface area contributed by atoms with Gasteiger partial charge in [-0.25, -0.2) is 19.0 Å². The topological polar surface area (TPSA) is 113 Å². The Kier molecular flexibility index (Phi) is 6.38. The summed E-state index contributed by atoms with van der Waals surface area (Å²) in [7, 11) is 0. The van der Waals surface area contributed by atoms with Gasteiger partial charge in [-0.3, -0.25) is 10.1 Å². The van der Waals surface area contributed by atoms with E-state index in [4.69, 9.17) is 5.73 Å². The number of pyridine rings is 2. The van der Waals surface area contributed by atoms with Gasteiger partial charge >= 0.3 is 11.9 Å². The standard InChI is InChI=1S/C16H12F4N6O2.C2H6/c1-15(17,16(18,19)20)10-2-3-12(23-7-10)25-8-9(6-24-25)11-4-5-22-14(21)13(11)26(27)28;1-2/h2-8H,1H3,(H2,21,22);1-2H3. The first-order chi connectivity index (χ1) is 14.0. The lowest BCUT2D eigenvalue weighted by Crippen LogP contribution is -2.35. The van der Waals surface area contributed by atoms with E-state index >= 15 is 0 Å². The summed E-state index contributed by atoms with van der Waals surface area (Å²) in [5, 5.41) is 15.2. The fraction of sp³-hybridized carbons (Fsp3) is 0.278. The van der Waals surface area contributed by atoms with Crippen molar-refractivity contribution in [3.8, 4) is 16.9 Å². The van der Waals surface area contributed by atoms with Crippen LogP contribution in [-0.4, -0.2) is 30.8 Å². The quantitative estimate of drug-likeness (QED) is 0.371. The predicted octanol–water partition coefficient (Wildman–Crippen LogP) is 4.59. The van der Waals surface area contributed by atoms with Gasteiger partial charge in [0.2, 0.25) is 11.5 Å². The van der Waals surface area contributed by atoms with Crippen molar-refractivity contribution in [2.75, 3.05) is 5.73 Å². The maximum atomic E-state index is 14.0. The second kappa shape index (κ2) is 8.43. The lowest BCUT2D eigenvalue weighted by atomic mass is 9.99. The van der Waals surface area contributed by atoms with Crippen LogP contribution in [0, 0.1) is 10.1 Å². The van der Waals surface area contributed by atoms with Gasteiger partial charge in [0, 0.05) is 29.7 Å². The highest BCUT2D eigenvalue weighted by Gasteiger charge is 2.53. The first kappa shape index (κ1) is 22.7. The molecule has 0 bridgehead atoms. The van der Waals surface area contributed by atoms with Gasteiger partial charge in [0.15, 0.2) is 5.82 Å². The zero-order valence-corrected chi connectivity index (χ0v) is 16.2. The second-order valence-corrected chi connectivity index (χ2v) is 5.93. The maximum absolute atomic E-state index is 14.0. The van der Waals surface area contributed by atoms with Crippen LogP contribution in [0.4, 0.5) is 29.1 Å². The van der Waals surface area contributed by atoms with E-state index in [-0.39, 0.29) is 17.2 Å². The molecule has 0 saturated heterocycles. The Hall–Kier alpha value is -3.57. The van der Waals surface area contributed by atoms with Crippen LogP contribution in [0.1, 0.15) is 26.3 Å². The van der Waals surface area contributed by atoms with Gasteiger partial charge < -0.3 is 5.73 Å². The minimum absolute atomic E-state index is 0.0951. The minimum atomic E-state index is -5.09. The molecule has 0 aliphatic heterocycles. The predicted molar refractivity (Wildman–Crippen MR) is 102 cm³/mol. The molecule has 30 heavy (non-hydrogen) atoms. The normalized spacial score (nSPS) is 13.2. The molecule has 3 rings (SSSR count). The number of nitrogens with zero attached hydrogens (tertiary/aromatic N) is 5. The number of alkyl halides is 4. The molecule has 0 spiro atoms. The van der Waals surface area contributed by atoms with Crippen molar-refractivity contribution in [2.24, 2.45) is 0 Å². The number of nitrogens with two attached hydrogens (primary N) is 1. The smallest absolute Gasteiger partial charge is 0.378 e. The molecule has 0 aromatic carbocycles. The Labute approximate surface area is 168 Å². The van der Waals surface area contributed by atoms with Gasteiger partial charge in [0.05, 0.1) is 16.7 Å². The van der Waals surface area contributed by atoms with Gasteiger partial charge in [-0.05, 0) is 19.1 Å². The molecule has 8 nitrogen and oxygen atoms in total. The van der Waals surface area contributed by atoms with Crippen molar-refractivity contribution in [3.05, 3.63) is 58.7 Å². The fourth-order valence-corrected chi connectivity index (χ4v) is 2.45. The average molecular weight is 426 g/mol. The summed E-state index contributed by atoms with van der Waals surface area (Å²) in [5.41, 5.74) is 1.42. The Balaban J connectivity index is 0.00000155. The van der Waals surface area contributed by atoms with E-state index in [2.05, 4.69) is 15.1 Å². The van der Waals surface area contributed by atoms with E-state index in [0.29, 0.717) is 12.5 Å². The number of halogens is 4. The highest BCUT2D eigenvalue weighted by Crippen LogP contribution is 2.41. The fourth-order valence-electron chi connectivity index (χ4n) is 2.45. The number of hydrogen-bond donors (Lipinski definition) is 1. The molecule has 0 fully saturated rings. The SMILES string of the molecule is CC.CC(F)(c1ccc(-n2cc(-c3ccnc(N)c3[N+](=O)[O-])cn2)nc1)C(F)(F)F. The Morgan fingerprint density at radius 3 is 2.30 bits per heavy atom. The van der Waals surface area contributed by atoms with Gasteiger partial charge in [-0.15, -0.1) is 0 Å². The van der Waals surface area contributed by atoms with E-state index in [1.165, 1.54) is 29.3 Å². The van der Waals surface area contributed by atoms with Crippen LogP contribution in [-0.2, 0) is 5.67 Å². The summed E-state index contributed by atoms with van der Waals surface area (Å²) in [4.78, 5) is 18.0. The molecule has 12 heteroatoms. The molecule has 0 radical (unpaired) electrons. The van der Waals surface area contributed by atoms with E-state index in [1.807, 2.05) is 13.8 Å². The molecule has 2 N–H and O–H groups in total. The number of anilines is 1. The lowest BCUT2D eigenvalue weighted by molar-refractivity contribution is -0.383. The highest BCUT2D eigenvalue weighted by molar-refractivity contribution is 5.78. The summed E-state index contributed by atoms with van der Waals surface area (Å²) in [5.74, 6) is -0.176. The number of rotatable bonds is 4. The molecule has 0 saturated carbocycles. The summed E-state index contributed by atoms with van der Waals surface area (Å²) < 4.78 is 53.5. The second-order valence-electron chi connectivity index (χ2n) is 5.93. The molecule has 3 aromatic heterocycles. The molecule has 0 aliphatic rings. The summed E-state index contributed by atoms with van der Waals surface area (Å²) in [6, 6.07) is 3.49. The van der Waals surface area contributed by atoms with Crippen LogP contribution in [0.5, 0.6) is 0 Å². The minimum Gasteiger partial charge on any atom is -0.378 e. The van der Waals surface area contributed by atoms with Crippen LogP contribution < -0.4 is 5.73 Å². The van der Waals surface area contributed by atoms with Crippen LogP contribution in [0.25, 0.3) is 16.9 Å². The number of nitro groups is 1. The van der Waals surface area contributed by atoms with Crippen molar-refractivity contribution in [1.82, 2.24) is 19.7 Å². The maximum Gasteiger partial charge on any atom is 0.426 e. The molecule has 1 unspecified atom stereocenters. The molecule has 0 amide bonds. The van der Waals surface area contributed by atoms with Gasteiger partial charge in [-0.1, -0.05) is 19.9 Å². The molecular weight excluding hydrogens is 408 g/mol. The summed E-state index contributed by atoms with van der Waals surface area (Å²) in [6.07, 6.45) is -0.359. The number of nitrogen functional groups attached to an aromatic ring is 1. The van der Waals surface area contributed by atoms with Crippen LogP contribution in [0.3, 0.4) is 0 Å². The Morgan fingerprint density at radius 1 is 1.10 bits per heavy atom. The average Bonchev–Trinajstić information content (AvgIpc) is 3.18. The van der Waals surface area contributed by atoms with E-state index < -0.39 is 28.0 Å². The molecule has 3 heterocycles. The van der Waals surface area contributed by atoms with Crippen molar-refractivity contribution < 1.29 is 22.5 Å². The van der Waals surface area contributed by atoms with Crippen LogP contribution in [0.15, 0.2) is 43.0 Å². The first-order valence-corrected chi connectivity index (χ1v) is 8.69. The zero-order valence-electron chi connectivity index (χ0n) is 16.2. The van der Waals surface area contributed by atoms with Gasteiger partial charge in [-0.2, -0.15) is 18.3 Å². The molecular formula is C18H18F4N6O2. The highest BCUT2D eigenvalue weighted by atomic mass is 19.4. The van der Waals surface area contributed by atoms with E-state index in [9.17, 15) is 27.7 Å². The van der Waals surface area contributed by atoms with Crippen molar-refractivity contribution in [1.29, 1.82) is 0 Å². The Morgan fingerprint density at radius 2 is 1.77 bits per heavy atom. The van der Waals surface area contributed by atoms with E-state index in [0.717, 1.165) is 18.3 Å². The zero-order chi connectivity index (χ0) is 22.7. The molecule has 0 aliphatic carbocycles. The number of aromatic nitrogens is 4. The summed E-state index contributed by atoms with van der Waals surface area (Å²) in [6.45, 7) is 4.41. The van der Waals surface area contributed by atoms with Gasteiger partial charge in [0.1, 0.15) is 0 Å². The summed E-state index contributed by atoms with van der Waals surface area (Å²) >= 11 is 0. The van der Waals surface area contributed by atoms with Crippen LogP contribution in [0.2, 0.25) is 0 Å². The third kappa shape index (κ3) is 4.21. The Bertz CT molecular complexity index is 1030. The molecule has 3 aromatic rings. The van der Waals surface area contributed by atoms with Crippen molar-refractivity contribution in [2.45, 2.75) is 32.6 Å². The third-order valence-electron chi connectivity index (χ3n) is 4.09. The van der Waals surface area contributed by atoms with Crippen molar-refractivity contribution in [3.63, 3.8) is 0 Å². The molecule has 160 valence electrons. The van der Waals surface area contributed by atoms with Crippen molar-refractivity contribution >= 4 is 11.5 Å². The third-order valence-corrected chi connectivity index (χ3v) is 4.09.